The summed E-state index contributed by atoms with van der Waals surface area (Å²) in [6.07, 6.45) is 11.0. The van der Waals surface area contributed by atoms with Gasteiger partial charge in [0.25, 0.3) is 0 Å². The highest BCUT2D eigenvalue weighted by Crippen LogP contribution is 2.44. The Kier molecular flexibility index (Phi) is 3.86. The van der Waals surface area contributed by atoms with Crippen molar-refractivity contribution in [1.82, 2.24) is 19.9 Å². The molecule has 1 aliphatic carbocycles. The van der Waals surface area contributed by atoms with E-state index < -0.39 is 5.82 Å². The van der Waals surface area contributed by atoms with Crippen molar-refractivity contribution in [1.29, 1.82) is 0 Å². The van der Waals surface area contributed by atoms with Crippen LogP contribution in [0.4, 0.5) is 4.39 Å². The van der Waals surface area contributed by atoms with Crippen molar-refractivity contribution in [2.75, 3.05) is 0 Å². The van der Waals surface area contributed by atoms with Gasteiger partial charge < -0.3 is 4.74 Å². The normalized spacial score (nSPS) is 14.2. The topological polar surface area (TPSA) is 60.8 Å². The van der Waals surface area contributed by atoms with Crippen LogP contribution in [-0.2, 0) is 0 Å². The van der Waals surface area contributed by atoms with Gasteiger partial charge in [0.05, 0.1) is 11.9 Å². The molecule has 120 valence electrons. The Morgan fingerprint density at radius 1 is 1.00 bits per heavy atom. The quantitative estimate of drug-likeness (QED) is 0.722. The number of hydrogen-bond donors (Lipinski definition) is 0. The van der Waals surface area contributed by atoms with Crippen LogP contribution in [0.25, 0.3) is 11.3 Å². The molecular formula is C18H15FN4O. The molecule has 24 heavy (non-hydrogen) atoms. The second kappa shape index (κ2) is 6.31. The molecule has 6 heteroatoms. The van der Waals surface area contributed by atoms with Gasteiger partial charge in [-0.05, 0) is 30.9 Å². The predicted octanol–water partition coefficient (Wildman–Crippen LogP) is 4.13. The lowest BCUT2D eigenvalue weighted by molar-refractivity contribution is 0.371. The van der Waals surface area contributed by atoms with E-state index in [1.54, 1.807) is 30.7 Å². The van der Waals surface area contributed by atoms with Gasteiger partial charge >= 0.3 is 6.01 Å². The zero-order valence-corrected chi connectivity index (χ0v) is 12.9. The first-order valence-corrected chi connectivity index (χ1v) is 7.86. The van der Waals surface area contributed by atoms with E-state index in [-0.39, 0.29) is 11.8 Å². The van der Waals surface area contributed by atoms with Crippen molar-refractivity contribution in [2.45, 2.75) is 25.2 Å². The third-order valence-electron chi connectivity index (χ3n) is 4.25. The highest BCUT2D eigenvalue weighted by atomic mass is 19.1. The smallest absolute Gasteiger partial charge is 0.321 e. The standard InChI is InChI=1S/C18H15FN4O/c19-16-14(15-11-20-9-10-21-15)6-5-13(12-3-1-4-12)17(16)24-18-22-7-2-8-23-18/h2,5-12H,1,3-4H2. The second-order valence-corrected chi connectivity index (χ2v) is 5.70. The van der Waals surface area contributed by atoms with Crippen LogP contribution in [0.5, 0.6) is 11.8 Å². The summed E-state index contributed by atoms with van der Waals surface area (Å²) in [5.41, 5.74) is 1.69. The molecule has 0 N–H and O–H groups in total. The Balaban J connectivity index is 1.80. The number of ether oxygens (including phenoxy) is 1. The first-order valence-electron chi connectivity index (χ1n) is 7.86. The van der Waals surface area contributed by atoms with Crippen LogP contribution in [0, 0.1) is 5.82 Å². The highest BCUT2D eigenvalue weighted by molar-refractivity contribution is 5.63. The molecule has 1 aromatic carbocycles. The molecule has 0 unspecified atom stereocenters. The maximum atomic E-state index is 15.2. The van der Waals surface area contributed by atoms with Crippen molar-refractivity contribution >= 4 is 0 Å². The fourth-order valence-corrected chi connectivity index (χ4v) is 2.78. The maximum Gasteiger partial charge on any atom is 0.321 e. The summed E-state index contributed by atoms with van der Waals surface area (Å²) in [5, 5.41) is 0. The summed E-state index contributed by atoms with van der Waals surface area (Å²) in [6, 6.07) is 5.47. The first-order chi connectivity index (χ1) is 11.8. The van der Waals surface area contributed by atoms with E-state index in [0.717, 1.165) is 24.8 Å². The number of rotatable bonds is 4. The zero-order valence-electron chi connectivity index (χ0n) is 12.9. The molecule has 1 saturated carbocycles. The van der Waals surface area contributed by atoms with E-state index in [2.05, 4.69) is 19.9 Å². The van der Waals surface area contributed by atoms with E-state index in [0.29, 0.717) is 17.2 Å². The summed E-state index contributed by atoms with van der Waals surface area (Å²) in [5.74, 6) is 0.0514. The molecule has 0 bridgehead atoms. The lowest BCUT2D eigenvalue weighted by atomic mass is 9.79. The molecule has 0 aliphatic heterocycles. The average molecular weight is 322 g/mol. The lowest BCUT2D eigenvalue weighted by Gasteiger charge is -2.28. The van der Waals surface area contributed by atoms with E-state index >= 15 is 4.39 Å². The van der Waals surface area contributed by atoms with Gasteiger partial charge in [0.1, 0.15) is 0 Å². The summed E-state index contributed by atoms with van der Waals surface area (Å²) in [6.45, 7) is 0. The molecular weight excluding hydrogens is 307 g/mol. The van der Waals surface area contributed by atoms with E-state index in [1.165, 1.54) is 12.4 Å². The Morgan fingerprint density at radius 3 is 2.50 bits per heavy atom. The summed E-state index contributed by atoms with van der Waals surface area (Å²) in [4.78, 5) is 16.3. The SMILES string of the molecule is Fc1c(-c2cnccn2)ccc(C2CCC2)c1Oc1ncccn1. The van der Waals surface area contributed by atoms with Crippen LogP contribution in [0.2, 0.25) is 0 Å². The minimum atomic E-state index is -0.452. The Hall–Kier alpha value is -2.89. The number of benzene rings is 1. The third-order valence-corrected chi connectivity index (χ3v) is 4.25. The molecule has 5 nitrogen and oxygen atoms in total. The van der Waals surface area contributed by atoms with Gasteiger partial charge in [-0.25, -0.2) is 14.4 Å². The molecule has 2 aromatic heterocycles. The van der Waals surface area contributed by atoms with Crippen molar-refractivity contribution in [3.05, 3.63) is 60.6 Å². The maximum absolute atomic E-state index is 15.2. The van der Waals surface area contributed by atoms with Crippen LogP contribution in [0.15, 0.2) is 49.2 Å². The molecule has 0 saturated heterocycles. The number of nitrogens with zero attached hydrogens (tertiary/aromatic N) is 4. The van der Waals surface area contributed by atoms with E-state index in [4.69, 9.17) is 4.74 Å². The monoisotopic (exact) mass is 322 g/mol. The molecule has 0 radical (unpaired) electrons. The Labute approximate surface area is 138 Å². The number of hydrogen-bond acceptors (Lipinski definition) is 5. The van der Waals surface area contributed by atoms with Gasteiger partial charge in [0.2, 0.25) is 0 Å². The van der Waals surface area contributed by atoms with Gasteiger partial charge in [0, 0.05) is 35.9 Å². The van der Waals surface area contributed by atoms with Gasteiger partial charge in [-0.15, -0.1) is 0 Å². The second-order valence-electron chi connectivity index (χ2n) is 5.70. The first kappa shape index (κ1) is 14.7. The van der Waals surface area contributed by atoms with Crippen molar-refractivity contribution in [3.8, 4) is 23.0 Å². The van der Waals surface area contributed by atoms with Gasteiger partial charge in [-0.1, -0.05) is 12.5 Å². The van der Waals surface area contributed by atoms with Crippen LogP contribution < -0.4 is 4.74 Å². The highest BCUT2D eigenvalue weighted by Gasteiger charge is 2.27. The van der Waals surface area contributed by atoms with Crippen LogP contribution in [-0.4, -0.2) is 19.9 Å². The molecule has 0 amide bonds. The van der Waals surface area contributed by atoms with Gasteiger partial charge in [-0.3, -0.25) is 9.97 Å². The van der Waals surface area contributed by atoms with E-state index in [9.17, 15) is 0 Å². The molecule has 0 spiro atoms. The van der Waals surface area contributed by atoms with Crippen LogP contribution in [0.1, 0.15) is 30.7 Å². The molecule has 0 atom stereocenters. The van der Waals surface area contributed by atoms with E-state index in [1.807, 2.05) is 6.07 Å². The molecule has 1 fully saturated rings. The summed E-state index contributed by atoms with van der Waals surface area (Å²) < 4.78 is 20.9. The fourth-order valence-electron chi connectivity index (χ4n) is 2.78. The molecule has 1 aliphatic rings. The fraction of sp³-hybridized carbons (Fsp3) is 0.222. The number of halogens is 1. The summed E-state index contributed by atoms with van der Waals surface area (Å²) >= 11 is 0. The predicted molar refractivity (Wildman–Crippen MR) is 86.1 cm³/mol. The molecule has 4 rings (SSSR count). The van der Waals surface area contributed by atoms with Crippen LogP contribution in [0.3, 0.4) is 0 Å². The Bertz CT molecular complexity index is 838. The minimum Gasteiger partial charge on any atom is -0.421 e. The van der Waals surface area contributed by atoms with Crippen LogP contribution >= 0.6 is 0 Å². The molecule has 3 aromatic rings. The zero-order chi connectivity index (χ0) is 16.4. The summed E-state index contributed by atoms with van der Waals surface area (Å²) in [7, 11) is 0. The lowest BCUT2D eigenvalue weighted by Crippen LogP contribution is -2.11. The van der Waals surface area contributed by atoms with Gasteiger partial charge in [-0.2, -0.15) is 0 Å². The Morgan fingerprint density at radius 2 is 1.83 bits per heavy atom. The van der Waals surface area contributed by atoms with Gasteiger partial charge in [0.15, 0.2) is 11.6 Å². The minimum absolute atomic E-state index is 0.133. The largest absolute Gasteiger partial charge is 0.421 e. The van der Waals surface area contributed by atoms with Crippen molar-refractivity contribution in [2.24, 2.45) is 0 Å². The number of aromatic nitrogens is 4. The third kappa shape index (κ3) is 2.71. The molecule has 2 heterocycles. The average Bonchev–Trinajstić information content (AvgIpc) is 2.58. The van der Waals surface area contributed by atoms with Crippen molar-refractivity contribution in [3.63, 3.8) is 0 Å². The van der Waals surface area contributed by atoms with Crippen molar-refractivity contribution < 1.29 is 9.13 Å².